The van der Waals surface area contributed by atoms with Gasteiger partial charge in [-0.25, -0.2) is 10.4 Å². The van der Waals surface area contributed by atoms with Gasteiger partial charge < -0.3 is 10.6 Å². The molecule has 0 atom stereocenters. The predicted molar refractivity (Wildman–Crippen MR) is 243 cm³/mol. The molecule has 0 radical (unpaired) electrons. The van der Waals surface area contributed by atoms with Gasteiger partial charge in [-0.05, 0) is 173 Å². The van der Waals surface area contributed by atoms with Crippen LogP contribution in [-0.4, -0.2) is 50.9 Å². The number of hydrogen-bond donors (Lipinski definition) is 5. The molecule has 0 aliphatic rings. The number of amides is 5. The number of nitrogens with one attached hydrogen (secondary N) is 5. The predicted octanol–water partition coefficient (Wildman–Crippen LogP) is 9.73. The van der Waals surface area contributed by atoms with Gasteiger partial charge in [-0.2, -0.15) is 0 Å². The summed E-state index contributed by atoms with van der Waals surface area (Å²) in [7, 11) is 0. The lowest BCUT2D eigenvalue weighted by Crippen LogP contribution is -2.55. The highest BCUT2D eigenvalue weighted by Gasteiger charge is 2.30. The van der Waals surface area contributed by atoms with Gasteiger partial charge in [-0.1, -0.05) is 34.4 Å². The molecular formula is C44H53Br2ClN6O6. The molecule has 0 bridgehead atoms. The van der Waals surface area contributed by atoms with Gasteiger partial charge in [0.25, 0.3) is 23.0 Å². The van der Waals surface area contributed by atoms with Crippen LogP contribution in [0.1, 0.15) is 119 Å². The van der Waals surface area contributed by atoms with Crippen LogP contribution in [0.5, 0.6) is 0 Å². The van der Waals surface area contributed by atoms with Crippen molar-refractivity contribution < 1.29 is 28.8 Å². The fourth-order valence-corrected chi connectivity index (χ4v) is 6.28. The van der Waals surface area contributed by atoms with Crippen molar-refractivity contribution >= 4 is 89.6 Å². The second-order valence-corrected chi connectivity index (χ2v) is 17.9. The summed E-state index contributed by atoms with van der Waals surface area (Å²) >= 11 is 12.0. The molecule has 15 heteroatoms. The maximum absolute atomic E-state index is 13.2. The zero-order valence-electron chi connectivity index (χ0n) is 35.5. The lowest BCUT2D eigenvalue weighted by molar-refractivity contribution is -0.115. The van der Waals surface area contributed by atoms with Gasteiger partial charge >= 0.3 is 0 Å². The Hall–Kier alpha value is -4.89. The number of carbonyl (C=O) groups excluding carboxylic acids is 6. The quantitative estimate of drug-likeness (QED) is 0.0909. The third-order valence-electron chi connectivity index (χ3n) is 7.64. The summed E-state index contributed by atoms with van der Waals surface area (Å²) in [6, 6.07) is 21.0. The van der Waals surface area contributed by atoms with Gasteiger partial charge in [0.15, 0.2) is 0 Å². The second-order valence-electron chi connectivity index (χ2n) is 15.9. The van der Waals surface area contributed by atoms with Gasteiger partial charge in [-0.3, -0.25) is 39.6 Å². The van der Waals surface area contributed by atoms with E-state index < -0.39 is 16.7 Å². The summed E-state index contributed by atoms with van der Waals surface area (Å²) in [5.41, 5.74) is 14.6. The van der Waals surface area contributed by atoms with Crippen molar-refractivity contribution in [3.05, 3.63) is 126 Å². The van der Waals surface area contributed by atoms with Crippen LogP contribution in [-0.2, 0) is 9.59 Å². The molecule has 0 spiro atoms. The van der Waals surface area contributed by atoms with E-state index in [9.17, 15) is 28.8 Å². The molecule has 0 unspecified atom stereocenters. The number of hydrogen-bond acceptors (Lipinski definition) is 7. The largest absolute Gasteiger partial charge is 0.325 e. The molecule has 0 aromatic heterocycles. The third kappa shape index (κ3) is 17.5. The Morgan fingerprint density at radius 3 is 1.29 bits per heavy atom. The Bertz CT molecular complexity index is 2170. The summed E-state index contributed by atoms with van der Waals surface area (Å²) < 4.78 is 1.23. The van der Waals surface area contributed by atoms with Crippen molar-refractivity contribution in [1.29, 1.82) is 0 Å². The summed E-state index contributed by atoms with van der Waals surface area (Å²) in [5, 5.41) is 6.29. The number of anilines is 2. The van der Waals surface area contributed by atoms with E-state index in [0.717, 1.165) is 22.3 Å². The zero-order valence-corrected chi connectivity index (χ0v) is 39.4. The van der Waals surface area contributed by atoms with E-state index in [1.807, 2.05) is 81.4 Å². The van der Waals surface area contributed by atoms with Crippen LogP contribution in [0.15, 0.2) is 81.7 Å². The number of rotatable bonds is 7. The van der Waals surface area contributed by atoms with Crippen molar-refractivity contribution in [2.24, 2.45) is 0 Å². The Labute approximate surface area is 368 Å². The fourth-order valence-electron chi connectivity index (χ4n) is 5.22. The molecule has 0 saturated heterocycles. The lowest BCUT2D eigenvalue weighted by Gasteiger charge is -2.35. The minimum absolute atomic E-state index is 0.160. The van der Waals surface area contributed by atoms with E-state index in [0.29, 0.717) is 42.6 Å². The van der Waals surface area contributed by atoms with E-state index in [1.165, 1.54) is 18.9 Å². The van der Waals surface area contributed by atoms with Crippen LogP contribution in [0.4, 0.5) is 11.4 Å². The molecule has 0 aliphatic carbocycles. The van der Waals surface area contributed by atoms with Crippen LogP contribution >= 0.6 is 43.5 Å². The number of aryl methyl sites for hydroxylation is 4. The zero-order chi connectivity index (χ0) is 45.0. The monoisotopic (exact) mass is 954 g/mol. The van der Waals surface area contributed by atoms with Crippen LogP contribution < -0.4 is 26.9 Å². The molecule has 12 nitrogen and oxygen atoms in total. The summed E-state index contributed by atoms with van der Waals surface area (Å²) in [5.74, 6) is -1.31. The van der Waals surface area contributed by atoms with Gasteiger partial charge in [0.05, 0.1) is 16.9 Å². The Morgan fingerprint density at radius 1 is 0.559 bits per heavy atom. The number of hydrazine groups is 2. The SMILES string of the molecule is CC(=O)Nc1ccc(C(=O)NN(C(=O)c2cc(C)cc(C)c2)C(C)(C)C)cc1Br.CC(=O)Nc1ccc(C(=O)NNC(C)(C)C)cc1Br.Cc1cc(C)cc(C(=O)Cl)c1. The van der Waals surface area contributed by atoms with E-state index in [4.69, 9.17) is 11.6 Å². The van der Waals surface area contributed by atoms with E-state index in [-0.39, 0.29) is 29.2 Å². The first-order valence-electron chi connectivity index (χ1n) is 18.4. The van der Waals surface area contributed by atoms with Crippen LogP contribution in [0, 0.1) is 27.7 Å². The summed E-state index contributed by atoms with van der Waals surface area (Å²) in [6.45, 7) is 22.0. The summed E-state index contributed by atoms with van der Waals surface area (Å²) in [6.07, 6.45) is 0. The second kappa shape index (κ2) is 21.9. The van der Waals surface area contributed by atoms with Crippen molar-refractivity contribution in [1.82, 2.24) is 21.3 Å². The van der Waals surface area contributed by atoms with Gasteiger partial charge in [0, 0.05) is 50.6 Å². The third-order valence-corrected chi connectivity index (χ3v) is 9.17. The van der Waals surface area contributed by atoms with Gasteiger partial charge in [-0.15, -0.1) is 0 Å². The highest BCUT2D eigenvalue weighted by atomic mass is 79.9. The summed E-state index contributed by atoms with van der Waals surface area (Å²) in [4.78, 5) is 70.8. The number of benzene rings is 4. The fraction of sp³-hybridized carbons (Fsp3) is 0.318. The molecule has 0 fully saturated rings. The topological polar surface area (TPSA) is 166 Å². The normalized spacial score (nSPS) is 10.8. The van der Waals surface area contributed by atoms with E-state index in [1.54, 1.807) is 60.7 Å². The van der Waals surface area contributed by atoms with Crippen molar-refractivity contribution in [2.45, 2.75) is 94.2 Å². The highest BCUT2D eigenvalue weighted by molar-refractivity contribution is 9.11. The Kier molecular flexibility index (Phi) is 18.7. The smallest absolute Gasteiger partial charge is 0.272 e. The molecule has 59 heavy (non-hydrogen) atoms. The van der Waals surface area contributed by atoms with Crippen LogP contribution in [0.25, 0.3) is 0 Å². The molecule has 0 heterocycles. The molecule has 0 saturated carbocycles. The maximum atomic E-state index is 13.2. The van der Waals surface area contributed by atoms with E-state index in [2.05, 4.69) is 58.8 Å². The van der Waals surface area contributed by atoms with Crippen molar-refractivity contribution in [3.8, 4) is 0 Å². The lowest BCUT2D eigenvalue weighted by atomic mass is 10.0. The minimum Gasteiger partial charge on any atom is -0.325 e. The average Bonchev–Trinajstić information content (AvgIpc) is 3.09. The number of carbonyl (C=O) groups is 6. The minimum atomic E-state index is -0.641. The van der Waals surface area contributed by atoms with Crippen molar-refractivity contribution in [2.75, 3.05) is 10.6 Å². The molecule has 0 aliphatic heterocycles. The number of halogens is 3. The van der Waals surface area contributed by atoms with Crippen LogP contribution in [0.2, 0.25) is 0 Å². The standard InChI is InChI=1S/C22H26BrN3O3.C13H18BrN3O2.C9H9ClO/c1-13-9-14(2)11-17(10-13)21(29)26(22(4,5)6)25-20(28)16-7-8-19(18(23)12-16)24-15(3)27;1-8(18)15-11-6-5-9(7-10(11)14)12(19)16-17-13(2,3)4;1-6-3-7(2)5-8(4-6)9(10)11/h7-12H,1-6H3,(H,24,27)(H,25,28);5-7,17H,1-4H3,(H,15,18)(H,16,19);3-5H,1-2H3. The molecule has 316 valence electrons. The number of nitrogens with zero attached hydrogens (tertiary/aromatic N) is 1. The molecule has 5 N–H and O–H groups in total. The molecular weight excluding hydrogens is 904 g/mol. The molecule has 5 amide bonds. The highest BCUT2D eigenvalue weighted by Crippen LogP contribution is 2.25. The Morgan fingerprint density at radius 2 is 0.949 bits per heavy atom. The van der Waals surface area contributed by atoms with Gasteiger partial charge in [0.2, 0.25) is 11.8 Å². The Balaban J connectivity index is 0.000000341. The molecule has 4 aromatic rings. The average molecular weight is 957 g/mol. The maximum Gasteiger partial charge on any atom is 0.272 e. The first kappa shape index (κ1) is 50.3. The first-order valence-corrected chi connectivity index (χ1v) is 20.4. The van der Waals surface area contributed by atoms with E-state index >= 15 is 0 Å². The first-order chi connectivity index (χ1) is 27.2. The van der Waals surface area contributed by atoms with Crippen LogP contribution in [0.3, 0.4) is 0 Å². The molecule has 4 aromatic carbocycles. The van der Waals surface area contributed by atoms with Crippen molar-refractivity contribution in [3.63, 3.8) is 0 Å². The van der Waals surface area contributed by atoms with Gasteiger partial charge in [0.1, 0.15) is 0 Å². The molecule has 4 rings (SSSR count).